The van der Waals surface area contributed by atoms with Gasteiger partial charge in [-0.1, -0.05) is 0 Å². The van der Waals surface area contributed by atoms with E-state index in [9.17, 15) is 8.42 Å². The third-order valence-electron chi connectivity index (χ3n) is 3.22. The highest BCUT2D eigenvalue weighted by molar-refractivity contribution is 7.91. The van der Waals surface area contributed by atoms with Crippen LogP contribution in [0, 0.1) is 6.92 Å². The van der Waals surface area contributed by atoms with Crippen molar-refractivity contribution in [1.29, 1.82) is 0 Å². The van der Waals surface area contributed by atoms with Gasteiger partial charge in [-0.3, -0.25) is 4.90 Å². The van der Waals surface area contributed by atoms with Gasteiger partial charge in [-0.25, -0.2) is 13.1 Å². The van der Waals surface area contributed by atoms with E-state index in [4.69, 9.17) is 4.74 Å². The van der Waals surface area contributed by atoms with Gasteiger partial charge in [0.15, 0.2) is 0 Å². The Morgan fingerprint density at radius 3 is 2.68 bits per heavy atom. The van der Waals surface area contributed by atoms with Crippen LogP contribution in [0.1, 0.15) is 11.8 Å². The molecule has 1 aromatic heterocycles. The molecule has 19 heavy (non-hydrogen) atoms. The van der Waals surface area contributed by atoms with E-state index in [0.717, 1.165) is 31.2 Å². The number of nitrogens with one attached hydrogen (secondary N) is 1. The summed E-state index contributed by atoms with van der Waals surface area (Å²) in [5.74, 6) is 0. The molecule has 7 heteroatoms. The van der Waals surface area contributed by atoms with E-state index < -0.39 is 10.0 Å². The van der Waals surface area contributed by atoms with E-state index in [-0.39, 0.29) is 6.04 Å². The van der Waals surface area contributed by atoms with Crippen molar-refractivity contribution >= 4 is 21.4 Å². The summed E-state index contributed by atoms with van der Waals surface area (Å²) in [6.07, 6.45) is 0. The van der Waals surface area contributed by atoms with Crippen molar-refractivity contribution in [2.75, 3.05) is 32.8 Å². The maximum absolute atomic E-state index is 12.1. The van der Waals surface area contributed by atoms with Crippen LogP contribution in [0.5, 0.6) is 0 Å². The van der Waals surface area contributed by atoms with Gasteiger partial charge in [0, 0.05) is 30.6 Å². The van der Waals surface area contributed by atoms with Crippen LogP contribution in [0.3, 0.4) is 0 Å². The maximum Gasteiger partial charge on any atom is 0.250 e. The van der Waals surface area contributed by atoms with Gasteiger partial charge in [-0.15, -0.1) is 11.3 Å². The van der Waals surface area contributed by atoms with Gasteiger partial charge < -0.3 is 4.74 Å². The first-order valence-electron chi connectivity index (χ1n) is 6.37. The van der Waals surface area contributed by atoms with E-state index in [0.29, 0.717) is 10.8 Å². The molecule has 2 rings (SSSR count). The third-order valence-corrected chi connectivity index (χ3v) is 6.13. The van der Waals surface area contributed by atoms with E-state index in [2.05, 4.69) is 9.62 Å². The molecule has 1 aromatic rings. The number of rotatable bonds is 5. The molecule has 2 heterocycles. The third kappa shape index (κ3) is 4.00. The molecule has 1 N–H and O–H groups in total. The van der Waals surface area contributed by atoms with Crippen molar-refractivity contribution < 1.29 is 13.2 Å². The minimum Gasteiger partial charge on any atom is -0.379 e. The molecular formula is C12H20N2O3S2. The fourth-order valence-electron chi connectivity index (χ4n) is 2.01. The summed E-state index contributed by atoms with van der Waals surface area (Å²) in [6, 6.07) is 3.66. The molecule has 1 atom stereocenters. The summed E-state index contributed by atoms with van der Waals surface area (Å²) >= 11 is 1.30. The zero-order valence-electron chi connectivity index (χ0n) is 11.3. The van der Waals surface area contributed by atoms with Crippen molar-refractivity contribution in [1.82, 2.24) is 9.62 Å². The number of hydrogen-bond acceptors (Lipinski definition) is 5. The Labute approximate surface area is 118 Å². The van der Waals surface area contributed by atoms with Gasteiger partial charge >= 0.3 is 0 Å². The van der Waals surface area contributed by atoms with Crippen LogP contribution in [0.2, 0.25) is 0 Å². The summed E-state index contributed by atoms with van der Waals surface area (Å²) in [5.41, 5.74) is 0. The Morgan fingerprint density at radius 2 is 2.11 bits per heavy atom. The molecule has 0 saturated carbocycles. The normalized spacial score (nSPS) is 19.5. The van der Waals surface area contributed by atoms with Crippen molar-refractivity contribution in [3.8, 4) is 0 Å². The van der Waals surface area contributed by atoms with Crippen molar-refractivity contribution in [2.45, 2.75) is 24.1 Å². The molecule has 1 fully saturated rings. The number of sulfonamides is 1. The van der Waals surface area contributed by atoms with E-state index in [1.54, 1.807) is 6.07 Å². The second-order valence-corrected chi connectivity index (χ2v) is 8.00. The Bertz CT molecular complexity index is 507. The van der Waals surface area contributed by atoms with E-state index >= 15 is 0 Å². The number of morpholine rings is 1. The van der Waals surface area contributed by atoms with Gasteiger partial charge in [0.25, 0.3) is 0 Å². The predicted molar refractivity (Wildman–Crippen MR) is 76.1 cm³/mol. The molecule has 108 valence electrons. The SMILES string of the molecule is Cc1ccc(S(=O)(=O)NCC(C)N2CCOCC2)s1. The van der Waals surface area contributed by atoms with Crippen molar-refractivity contribution in [3.63, 3.8) is 0 Å². The first-order chi connectivity index (χ1) is 8.99. The zero-order chi connectivity index (χ0) is 13.9. The van der Waals surface area contributed by atoms with Crippen LogP contribution in [-0.2, 0) is 14.8 Å². The summed E-state index contributed by atoms with van der Waals surface area (Å²) in [5, 5.41) is 0. The number of hydrogen-bond donors (Lipinski definition) is 1. The fourth-order valence-corrected chi connectivity index (χ4v) is 4.45. The van der Waals surface area contributed by atoms with Crippen LogP contribution >= 0.6 is 11.3 Å². The monoisotopic (exact) mass is 304 g/mol. The average molecular weight is 304 g/mol. The Kier molecular flexibility index (Phi) is 4.97. The average Bonchev–Trinajstić information content (AvgIpc) is 2.85. The number of aryl methyl sites for hydroxylation is 1. The molecule has 0 bridgehead atoms. The van der Waals surface area contributed by atoms with Crippen LogP contribution in [0.25, 0.3) is 0 Å². The molecule has 0 amide bonds. The van der Waals surface area contributed by atoms with Gasteiger partial charge in [0.05, 0.1) is 13.2 Å². The lowest BCUT2D eigenvalue weighted by Crippen LogP contribution is -2.47. The largest absolute Gasteiger partial charge is 0.379 e. The smallest absolute Gasteiger partial charge is 0.250 e. The molecule has 5 nitrogen and oxygen atoms in total. The van der Waals surface area contributed by atoms with Gasteiger partial charge in [-0.2, -0.15) is 0 Å². The molecule has 1 unspecified atom stereocenters. The molecule has 1 aliphatic heterocycles. The lowest BCUT2D eigenvalue weighted by Gasteiger charge is -2.32. The quantitative estimate of drug-likeness (QED) is 0.883. The molecule has 0 aromatic carbocycles. The Morgan fingerprint density at radius 1 is 1.42 bits per heavy atom. The summed E-state index contributed by atoms with van der Waals surface area (Å²) in [6.45, 7) is 7.54. The molecule has 0 aliphatic carbocycles. The highest BCUT2D eigenvalue weighted by Gasteiger charge is 2.21. The second kappa shape index (κ2) is 6.32. The van der Waals surface area contributed by atoms with E-state index in [1.807, 2.05) is 19.9 Å². The number of nitrogens with zero attached hydrogens (tertiary/aromatic N) is 1. The standard InChI is InChI=1S/C12H20N2O3S2/c1-10(14-5-7-17-8-6-14)9-13-19(15,16)12-4-3-11(2)18-12/h3-4,10,13H,5-9H2,1-2H3. The van der Waals surface area contributed by atoms with Crippen molar-refractivity contribution in [2.24, 2.45) is 0 Å². The lowest BCUT2D eigenvalue weighted by atomic mass is 10.2. The van der Waals surface area contributed by atoms with Crippen LogP contribution in [0.4, 0.5) is 0 Å². The number of thiophene rings is 1. The summed E-state index contributed by atoms with van der Waals surface area (Å²) in [4.78, 5) is 3.24. The maximum atomic E-state index is 12.1. The highest BCUT2D eigenvalue weighted by atomic mass is 32.2. The predicted octanol–water partition coefficient (Wildman–Crippen LogP) is 1.06. The molecular weight excluding hydrogens is 284 g/mol. The lowest BCUT2D eigenvalue weighted by molar-refractivity contribution is 0.0213. The number of ether oxygens (including phenoxy) is 1. The first-order valence-corrected chi connectivity index (χ1v) is 8.67. The topological polar surface area (TPSA) is 58.6 Å². The van der Waals surface area contributed by atoms with Crippen molar-refractivity contribution in [3.05, 3.63) is 17.0 Å². The second-order valence-electron chi connectivity index (χ2n) is 4.71. The zero-order valence-corrected chi connectivity index (χ0v) is 12.9. The minimum absolute atomic E-state index is 0.180. The molecule has 1 aliphatic rings. The van der Waals surface area contributed by atoms with Gasteiger partial charge in [0.2, 0.25) is 10.0 Å². The molecule has 1 saturated heterocycles. The first kappa shape index (κ1) is 14.9. The minimum atomic E-state index is -3.36. The Balaban J connectivity index is 1.90. The van der Waals surface area contributed by atoms with E-state index in [1.165, 1.54) is 11.3 Å². The summed E-state index contributed by atoms with van der Waals surface area (Å²) < 4.78 is 32.5. The Hall–Kier alpha value is -0.470. The van der Waals surface area contributed by atoms with Gasteiger partial charge in [-0.05, 0) is 26.0 Å². The van der Waals surface area contributed by atoms with Crippen LogP contribution < -0.4 is 4.72 Å². The van der Waals surface area contributed by atoms with Gasteiger partial charge in [0.1, 0.15) is 4.21 Å². The van der Waals surface area contributed by atoms with Crippen LogP contribution in [-0.4, -0.2) is 52.2 Å². The fraction of sp³-hybridized carbons (Fsp3) is 0.667. The highest BCUT2D eigenvalue weighted by Crippen LogP contribution is 2.20. The molecule has 0 radical (unpaired) electrons. The summed E-state index contributed by atoms with van der Waals surface area (Å²) in [7, 11) is -3.36. The van der Waals surface area contributed by atoms with Crippen LogP contribution in [0.15, 0.2) is 16.3 Å². The molecule has 0 spiro atoms.